The number of ether oxygens (including phenoxy) is 6. The van der Waals surface area contributed by atoms with Gasteiger partial charge < -0.3 is 33.3 Å². The summed E-state index contributed by atoms with van der Waals surface area (Å²) in [5, 5.41) is 0. The van der Waals surface area contributed by atoms with E-state index in [4.69, 9.17) is 28.4 Å². The third-order valence-electron chi connectivity index (χ3n) is 11.6. The Labute approximate surface area is 388 Å². The average Bonchev–Trinajstić information content (AvgIpc) is 3.27. The minimum atomic E-state index is -1.42. The zero-order valence-corrected chi connectivity index (χ0v) is 41.7. The van der Waals surface area contributed by atoms with E-state index < -0.39 is 29.3 Å². The van der Waals surface area contributed by atoms with Crippen LogP contribution in [0.2, 0.25) is 0 Å². The van der Waals surface area contributed by atoms with Gasteiger partial charge in [-0.3, -0.25) is 28.8 Å². The summed E-state index contributed by atoms with van der Waals surface area (Å²) in [6.07, 6.45) is 20.0. The highest BCUT2D eigenvalue weighted by atomic mass is 16.6. The van der Waals surface area contributed by atoms with Crippen LogP contribution in [0, 0.1) is 11.3 Å². The van der Waals surface area contributed by atoms with Crippen molar-refractivity contribution >= 4 is 35.8 Å². The van der Waals surface area contributed by atoms with E-state index in [2.05, 4.69) is 53.4 Å². The highest BCUT2D eigenvalue weighted by Gasteiger charge is 2.38. The summed E-state index contributed by atoms with van der Waals surface area (Å²) in [7, 11) is 0. The Balaban J connectivity index is 5.87. The fourth-order valence-corrected chi connectivity index (χ4v) is 7.27. The van der Waals surface area contributed by atoms with Crippen LogP contribution < -0.4 is 0 Å². The van der Waals surface area contributed by atoms with Crippen LogP contribution in [0.5, 0.6) is 0 Å². The van der Waals surface area contributed by atoms with Gasteiger partial charge in [0.25, 0.3) is 0 Å². The molecule has 374 valence electrons. The van der Waals surface area contributed by atoms with Gasteiger partial charge in [-0.1, -0.05) is 125 Å². The molecule has 0 spiro atoms. The van der Waals surface area contributed by atoms with Crippen molar-refractivity contribution in [2.24, 2.45) is 11.3 Å². The van der Waals surface area contributed by atoms with E-state index in [1.165, 1.54) is 38.5 Å². The van der Waals surface area contributed by atoms with Crippen molar-refractivity contribution in [1.82, 2.24) is 4.90 Å². The molecule has 0 aliphatic rings. The molecule has 0 aromatic heterocycles. The lowest BCUT2D eigenvalue weighted by Crippen LogP contribution is -2.44. The summed E-state index contributed by atoms with van der Waals surface area (Å²) in [5.41, 5.74) is -1.42. The Kier molecular flexibility index (Phi) is 39.2. The zero-order valence-electron chi connectivity index (χ0n) is 41.7. The van der Waals surface area contributed by atoms with E-state index in [1.54, 1.807) is 0 Å². The molecule has 0 saturated heterocycles. The van der Waals surface area contributed by atoms with E-state index in [0.717, 1.165) is 83.6 Å². The third kappa shape index (κ3) is 35.1. The molecule has 13 nitrogen and oxygen atoms in total. The minimum Gasteiger partial charge on any atom is -0.466 e. The Bertz CT molecular complexity index is 1160. The molecule has 0 aliphatic carbocycles. The second kappa shape index (κ2) is 41.2. The van der Waals surface area contributed by atoms with Crippen LogP contribution in [0.4, 0.5) is 0 Å². The molecule has 0 aromatic carbocycles. The van der Waals surface area contributed by atoms with Gasteiger partial charge in [-0.15, -0.1) is 0 Å². The first kappa shape index (κ1) is 60.8. The van der Waals surface area contributed by atoms with Crippen molar-refractivity contribution in [1.29, 1.82) is 0 Å². The van der Waals surface area contributed by atoms with Gasteiger partial charge in [0, 0.05) is 44.6 Å². The molecular formula is C51H93NO12. The van der Waals surface area contributed by atoms with E-state index in [1.807, 2.05) is 0 Å². The first-order chi connectivity index (χ1) is 30.8. The lowest BCUT2D eigenvalue weighted by molar-refractivity contribution is -0.171. The quantitative estimate of drug-likeness (QED) is 0.0323. The Hall–Kier alpha value is -3.22. The summed E-state index contributed by atoms with van der Waals surface area (Å²) in [6, 6.07) is 0.322. The van der Waals surface area contributed by atoms with Crippen LogP contribution in [-0.2, 0) is 57.2 Å². The molecule has 0 saturated carbocycles. The number of hydrogen-bond acceptors (Lipinski definition) is 13. The summed E-state index contributed by atoms with van der Waals surface area (Å²) >= 11 is 0. The first-order valence-electron chi connectivity index (χ1n) is 25.5. The van der Waals surface area contributed by atoms with Gasteiger partial charge in [0.1, 0.15) is 31.8 Å². The molecule has 64 heavy (non-hydrogen) atoms. The second-order valence-electron chi connectivity index (χ2n) is 18.0. The molecule has 0 aromatic rings. The highest BCUT2D eigenvalue weighted by Crippen LogP contribution is 2.25. The number of nitrogens with zero attached hydrogens (tertiary/aromatic N) is 1. The van der Waals surface area contributed by atoms with Gasteiger partial charge in [-0.25, -0.2) is 0 Å². The molecule has 0 heterocycles. The van der Waals surface area contributed by atoms with Crippen LogP contribution in [0.15, 0.2) is 0 Å². The zero-order chi connectivity index (χ0) is 47.7. The van der Waals surface area contributed by atoms with Crippen LogP contribution >= 0.6 is 0 Å². The molecule has 0 fully saturated rings. The standard InChI is InChI=1S/C51H93NO12/c1-8-13-17-19-21-23-36-59-45(53)30-25-32-47(55)61-39-51(41-63-49(57)34-27-35-52(12-5)43(6)7,42-64-50(58)38-44(28-15-10-3)29-16-11-4)40-62-48(56)33-26-31-46(54)60-37-24-22-20-18-14-9-2/h43-44H,8-42H2,1-7H3. The van der Waals surface area contributed by atoms with Gasteiger partial charge in [0.05, 0.1) is 13.2 Å². The smallest absolute Gasteiger partial charge is 0.306 e. The third-order valence-corrected chi connectivity index (χ3v) is 11.6. The molecule has 0 bridgehead atoms. The highest BCUT2D eigenvalue weighted by molar-refractivity contribution is 5.73. The number of hydrogen-bond donors (Lipinski definition) is 0. The van der Waals surface area contributed by atoms with E-state index in [0.29, 0.717) is 32.2 Å². The van der Waals surface area contributed by atoms with Crippen LogP contribution in [0.25, 0.3) is 0 Å². The molecule has 0 amide bonds. The van der Waals surface area contributed by atoms with Crippen LogP contribution in [0.1, 0.15) is 222 Å². The summed E-state index contributed by atoms with van der Waals surface area (Å²) in [4.78, 5) is 79.7. The Morgan fingerprint density at radius 3 is 1.12 bits per heavy atom. The molecule has 13 heteroatoms. The number of unbranched alkanes of at least 4 members (excludes halogenated alkanes) is 12. The largest absolute Gasteiger partial charge is 0.466 e. The maximum absolute atomic E-state index is 13.4. The fourth-order valence-electron chi connectivity index (χ4n) is 7.27. The summed E-state index contributed by atoms with van der Waals surface area (Å²) < 4.78 is 33.8. The topological polar surface area (TPSA) is 161 Å². The number of carbonyl (C=O) groups excluding carboxylic acids is 6. The van der Waals surface area contributed by atoms with Gasteiger partial charge >= 0.3 is 35.8 Å². The van der Waals surface area contributed by atoms with Crippen molar-refractivity contribution < 1.29 is 57.2 Å². The summed E-state index contributed by atoms with van der Waals surface area (Å²) in [6.45, 7) is 15.7. The molecule has 0 N–H and O–H groups in total. The van der Waals surface area contributed by atoms with Gasteiger partial charge in [0.2, 0.25) is 0 Å². The van der Waals surface area contributed by atoms with Crippen molar-refractivity contribution in [2.75, 3.05) is 52.7 Å². The molecule has 0 radical (unpaired) electrons. The molecule has 0 rings (SSSR count). The van der Waals surface area contributed by atoms with Crippen molar-refractivity contribution in [3.63, 3.8) is 0 Å². The second-order valence-corrected chi connectivity index (χ2v) is 18.0. The van der Waals surface area contributed by atoms with E-state index in [-0.39, 0.29) is 95.7 Å². The van der Waals surface area contributed by atoms with Crippen molar-refractivity contribution in [3.8, 4) is 0 Å². The van der Waals surface area contributed by atoms with Gasteiger partial charge in [-0.2, -0.15) is 0 Å². The SMILES string of the molecule is CCCCCCCCOC(=O)CCCC(=O)OCC(COC(=O)CCCC(=O)OCCCCCCCC)(COC(=O)CCCN(CC)C(C)C)COC(=O)CC(CCCC)CCCC. The molecular weight excluding hydrogens is 819 g/mol. The normalized spacial score (nSPS) is 11.5. The maximum Gasteiger partial charge on any atom is 0.306 e. The number of rotatable bonds is 44. The lowest BCUT2D eigenvalue weighted by Gasteiger charge is -2.32. The van der Waals surface area contributed by atoms with Crippen LogP contribution in [0.3, 0.4) is 0 Å². The molecule has 0 aliphatic heterocycles. The fraction of sp³-hybridized carbons (Fsp3) is 0.882. The number of esters is 6. The number of carbonyl (C=O) groups is 6. The monoisotopic (exact) mass is 912 g/mol. The van der Waals surface area contributed by atoms with Crippen LogP contribution in [-0.4, -0.2) is 99.5 Å². The van der Waals surface area contributed by atoms with Gasteiger partial charge in [0.15, 0.2) is 0 Å². The Morgan fingerprint density at radius 2 is 0.750 bits per heavy atom. The van der Waals surface area contributed by atoms with E-state index in [9.17, 15) is 28.8 Å². The molecule has 0 atom stereocenters. The Morgan fingerprint density at radius 1 is 0.406 bits per heavy atom. The van der Waals surface area contributed by atoms with Crippen molar-refractivity contribution in [3.05, 3.63) is 0 Å². The maximum atomic E-state index is 13.4. The van der Waals surface area contributed by atoms with Gasteiger partial charge in [-0.05, 0) is 77.8 Å². The predicted molar refractivity (Wildman–Crippen MR) is 251 cm³/mol. The average molecular weight is 912 g/mol. The summed E-state index contributed by atoms with van der Waals surface area (Å²) in [5.74, 6) is -2.73. The molecule has 0 unspecified atom stereocenters. The van der Waals surface area contributed by atoms with Crippen molar-refractivity contribution in [2.45, 2.75) is 228 Å². The lowest BCUT2D eigenvalue weighted by atomic mass is 9.91. The van der Waals surface area contributed by atoms with E-state index >= 15 is 0 Å². The minimum absolute atomic E-state index is 0.0546. The predicted octanol–water partition coefficient (Wildman–Crippen LogP) is 11.2. The first-order valence-corrected chi connectivity index (χ1v) is 25.5.